The second-order valence-corrected chi connectivity index (χ2v) is 6.93. The van der Waals surface area contributed by atoms with Crippen LogP contribution in [0.5, 0.6) is 0 Å². The minimum absolute atomic E-state index is 0.117. The van der Waals surface area contributed by atoms with E-state index in [9.17, 15) is 13.2 Å². The second kappa shape index (κ2) is 7.02. The summed E-state index contributed by atoms with van der Waals surface area (Å²) in [5, 5.41) is 0. The topological polar surface area (TPSA) is 98.5 Å². The SMILES string of the molecule is NC(=O)c1ccc(S(=O)(=O)NCCCOCC2CC2)cc1. The van der Waals surface area contributed by atoms with E-state index in [-0.39, 0.29) is 10.5 Å². The molecule has 116 valence electrons. The smallest absolute Gasteiger partial charge is 0.248 e. The Bertz CT molecular complexity index is 579. The number of benzene rings is 1. The van der Waals surface area contributed by atoms with Crippen LogP contribution in [-0.2, 0) is 14.8 Å². The zero-order valence-electron chi connectivity index (χ0n) is 11.7. The van der Waals surface area contributed by atoms with Crippen molar-refractivity contribution in [2.24, 2.45) is 11.7 Å². The van der Waals surface area contributed by atoms with Crippen molar-refractivity contribution in [2.45, 2.75) is 24.2 Å². The van der Waals surface area contributed by atoms with Gasteiger partial charge in [0.15, 0.2) is 0 Å². The van der Waals surface area contributed by atoms with Gasteiger partial charge in [0.05, 0.1) is 4.90 Å². The highest BCUT2D eigenvalue weighted by Crippen LogP contribution is 2.28. The first-order valence-corrected chi connectivity index (χ1v) is 8.44. The third-order valence-corrected chi connectivity index (χ3v) is 4.73. The molecular weight excluding hydrogens is 292 g/mol. The first-order chi connectivity index (χ1) is 9.99. The van der Waals surface area contributed by atoms with Crippen LogP contribution in [0.15, 0.2) is 29.2 Å². The van der Waals surface area contributed by atoms with Crippen molar-refractivity contribution in [1.29, 1.82) is 0 Å². The summed E-state index contributed by atoms with van der Waals surface area (Å²) in [6.45, 7) is 1.66. The molecule has 0 saturated heterocycles. The fourth-order valence-corrected chi connectivity index (χ4v) is 2.87. The number of carbonyl (C=O) groups excluding carboxylic acids is 1. The highest BCUT2D eigenvalue weighted by atomic mass is 32.2. The van der Waals surface area contributed by atoms with Crippen molar-refractivity contribution in [2.75, 3.05) is 19.8 Å². The average molecular weight is 312 g/mol. The van der Waals surface area contributed by atoms with Gasteiger partial charge in [0.1, 0.15) is 0 Å². The van der Waals surface area contributed by atoms with Crippen molar-refractivity contribution < 1.29 is 17.9 Å². The van der Waals surface area contributed by atoms with Gasteiger partial charge in [-0.2, -0.15) is 0 Å². The predicted molar refractivity (Wildman–Crippen MR) is 78.3 cm³/mol. The van der Waals surface area contributed by atoms with E-state index >= 15 is 0 Å². The van der Waals surface area contributed by atoms with Crippen molar-refractivity contribution in [3.8, 4) is 0 Å². The normalized spacial score (nSPS) is 15.0. The third-order valence-electron chi connectivity index (χ3n) is 3.26. The van der Waals surface area contributed by atoms with Gasteiger partial charge < -0.3 is 10.5 Å². The van der Waals surface area contributed by atoms with Crippen LogP contribution in [0.3, 0.4) is 0 Å². The zero-order valence-corrected chi connectivity index (χ0v) is 12.6. The van der Waals surface area contributed by atoms with Gasteiger partial charge in [-0.25, -0.2) is 13.1 Å². The van der Waals surface area contributed by atoms with Gasteiger partial charge in [0.2, 0.25) is 15.9 Å². The molecule has 6 nitrogen and oxygen atoms in total. The molecule has 1 fully saturated rings. The van der Waals surface area contributed by atoms with Crippen LogP contribution in [0.25, 0.3) is 0 Å². The van der Waals surface area contributed by atoms with Crippen molar-refractivity contribution in [3.05, 3.63) is 29.8 Å². The summed E-state index contributed by atoms with van der Waals surface area (Å²) in [5.41, 5.74) is 5.39. The number of sulfonamides is 1. The third kappa shape index (κ3) is 5.11. The number of ether oxygens (including phenoxy) is 1. The first-order valence-electron chi connectivity index (χ1n) is 6.96. The summed E-state index contributed by atoms with van der Waals surface area (Å²) in [6, 6.07) is 5.53. The van der Waals surface area contributed by atoms with Crippen molar-refractivity contribution in [3.63, 3.8) is 0 Å². The van der Waals surface area contributed by atoms with E-state index in [2.05, 4.69) is 4.72 Å². The number of nitrogens with one attached hydrogen (secondary N) is 1. The van der Waals surface area contributed by atoms with Crippen LogP contribution in [0.2, 0.25) is 0 Å². The van der Waals surface area contributed by atoms with E-state index in [4.69, 9.17) is 10.5 Å². The number of rotatable bonds is 9. The Balaban J connectivity index is 1.75. The lowest BCUT2D eigenvalue weighted by Crippen LogP contribution is -2.25. The largest absolute Gasteiger partial charge is 0.381 e. The molecule has 1 aliphatic carbocycles. The van der Waals surface area contributed by atoms with Crippen LogP contribution >= 0.6 is 0 Å². The molecule has 0 bridgehead atoms. The molecule has 1 amide bonds. The van der Waals surface area contributed by atoms with Gasteiger partial charge >= 0.3 is 0 Å². The molecule has 1 saturated carbocycles. The van der Waals surface area contributed by atoms with Gasteiger partial charge in [0, 0.05) is 25.3 Å². The van der Waals surface area contributed by atoms with E-state index in [0.717, 1.165) is 6.61 Å². The summed E-state index contributed by atoms with van der Waals surface area (Å²) in [4.78, 5) is 11.0. The molecule has 0 unspecified atom stereocenters. The second-order valence-electron chi connectivity index (χ2n) is 5.16. The Morgan fingerprint density at radius 3 is 2.52 bits per heavy atom. The molecule has 0 heterocycles. The number of nitrogens with two attached hydrogens (primary N) is 1. The van der Waals surface area contributed by atoms with Gasteiger partial charge in [-0.15, -0.1) is 0 Å². The van der Waals surface area contributed by atoms with Crippen molar-refractivity contribution in [1.82, 2.24) is 4.72 Å². The van der Waals surface area contributed by atoms with Gasteiger partial charge in [-0.05, 0) is 49.4 Å². The highest BCUT2D eigenvalue weighted by molar-refractivity contribution is 7.89. The van der Waals surface area contributed by atoms with Crippen molar-refractivity contribution >= 4 is 15.9 Å². The fourth-order valence-electron chi connectivity index (χ4n) is 1.80. The Morgan fingerprint density at radius 1 is 1.29 bits per heavy atom. The van der Waals surface area contributed by atoms with Crippen LogP contribution in [-0.4, -0.2) is 34.1 Å². The maximum atomic E-state index is 12.0. The molecule has 0 aromatic heterocycles. The quantitative estimate of drug-likeness (QED) is 0.661. The molecule has 1 aliphatic rings. The Kier molecular flexibility index (Phi) is 5.33. The minimum Gasteiger partial charge on any atom is -0.381 e. The molecule has 0 aliphatic heterocycles. The number of amides is 1. The van der Waals surface area contributed by atoms with Gasteiger partial charge in [0.25, 0.3) is 0 Å². The molecule has 1 aromatic carbocycles. The minimum atomic E-state index is -3.55. The standard InChI is InChI=1S/C14H20N2O4S/c15-14(17)12-4-6-13(7-5-12)21(18,19)16-8-1-9-20-10-11-2-3-11/h4-7,11,16H,1-3,8-10H2,(H2,15,17). The zero-order chi connectivity index (χ0) is 15.3. The Morgan fingerprint density at radius 2 is 1.95 bits per heavy atom. The number of hydrogen-bond acceptors (Lipinski definition) is 4. The summed E-state index contributed by atoms with van der Waals surface area (Å²) in [5.74, 6) is 0.130. The number of primary amides is 1. The molecule has 0 atom stereocenters. The van der Waals surface area contributed by atoms with E-state index < -0.39 is 15.9 Å². The van der Waals surface area contributed by atoms with Crippen LogP contribution in [0.1, 0.15) is 29.6 Å². The van der Waals surface area contributed by atoms with Crippen LogP contribution < -0.4 is 10.5 Å². The molecule has 0 radical (unpaired) electrons. The number of carbonyl (C=O) groups is 1. The summed E-state index contributed by atoms with van der Waals surface area (Å²) in [7, 11) is -3.55. The fraction of sp³-hybridized carbons (Fsp3) is 0.500. The van der Waals surface area contributed by atoms with Gasteiger partial charge in [-0.3, -0.25) is 4.79 Å². The molecule has 7 heteroatoms. The Hall–Kier alpha value is -1.44. The predicted octanol–water partition coefficient (Wildman–Crippen LogP) is 0.880. The van der Waals surface area contributed by atoms with E-state index in [1.165, 1.54) is 37.1 Å². The molecule has 21 heavy (non-hydrogen) atoms. The lowest BCUT2D eigenvalue weighted by Gasteiger charge is -2.07. The summed E-state index contributed by atoms with van der Waals surface area (Å²) >= 11 is 0. The summed E-state index contributed by atoms with van der Waals surface area (Å²) in [6.07, 6.45) is 3.12. The molecule has 2 rings (SSSR count). The maximum absolute atomic E-state index is 12.0. The number of hydrogen-bond donors (Lipinski definition) is 2. The lowest BCUT2D eigenvalue weighted by atomic mass is 10.2. The Labute approximate surface area is 124 Å². The molecular formula is C14H20N2O4S. The molecule has 3 N–H and O–H groups in total. The van der Waals surface area contributed by atoms with E-state index in [0.29, 0.717) is 25.5 Å². The molecule has 1 aromatic rings. The van der Waals surface area contributed by atoms with E-state index in [1.807, 2.05) is 0 Å². The monoisotopic (exact) mass is 312 g/mol. The van der Waals surface area contributed by atoms with Crippen LogP contribution in [0.4, 0.5) is 0 Å². The van der Waals surface area contributed by atoms with Gasteiger partial charge in [-0.1, -0.05) is 0 Å². The average Bonchev–Trinajstić information content (AvgIpc) is 3.27. The molecule has 0 spiro atoms. The highest BCUT2D eigenvalue weighted by Gasteiger charge is 2.21. The van der Waals surface area contributed by atoms with Crippen LogP contribution in [0, 0.1) is 5.92 Å². The summed E-state index contributed by atoms with van der Waals surface area (Å²) < 4.78 is 31.9. The van der Waals surface area contributed by atoms with E-state index in [1.54, 1.807) is 0 Å². The first kappa shape index (κ1) is 15.9. The lowest BCUT2D eigenvalue weighted by molar-refractivity contribution is 0.1000. The maximum Gasteiger partial charge on any atom is 0.248 e.